The highest BCUT2D eigenvalue weighted by Gasteiger charge is 2.12. The van der Waals surface area contributed by atoms with Gasteiger partial charge >= 0.3 is 0 Å². The van der Waals surface area contributed by atoms with Gasteiger partial charge in [0.1, 0.15) is 18.0 Å². The molecule has 0 spiro atoms. The minimum Gasteiger partial charge on any atom is -0.383 e. The lowest BCUT2D eigenvalue weighted by molar-refractivity contribution is 0.847. The second-order valence-electron chi connectivity index (χ2n) is 4.71. The van der Waals surface area contributed by atoms with Gasteiger partial charge in [-0.1, -0.05) is 19.9 Å². The number of nitrogens with two attached hydrogens (primary N) is 1. The van der Waals surface area contributed by atoms with Crippen LogP contribution < -0.4 is 11.1 Å². The second kappa shape index (κ2) is 6.13. The first-order valence-corrected chi connectivity index (χ1v) is 6.41. The van der Waals surface area contributed by atoms with E-state index in [1.807, 2.05) is 12.3 Å². The molecule has 0 aliphatic heterocycles. The molecule has 0 saturated carbocycles. The molecule has 19 heavy (non-hydrogen) atoms. The zero-order valence-corrected chi connectivity index (χ0v) is 11.3. The summed E-state index contributed by atoms with van der Waals surface area (Å²) in [5, 5.41) is 3.33. The number of pyridine rings is 1. The Labute approximate surface area is 113 Å². The number of anilines is 2. The third kappa shape index (κ3) is 3.40. The third-order valence-corrected chi connectivity index (χ3v) is 2.92. The van der Waals surface area contributed by atoms with Crippen LogP contribution in [0.1, 0.15) is 30.9 Å². The van der Waals surface area contributed by atoms with Gasteiger partial charge in [-0.05, 0) is 24.0 Å². The number of hydrogen-bond acceptors (Lipinski definition) is 5. The summed E-state index contributed by atoms with van der Waals surface area (Å²) in [5.74, 6) is 1.67. The Morgan fingerprint density at radius 2 is 2.16 bits per heavy atom. The molecule has 0 bridgehead atoms. The van der Waals surface area contributed by atoms with Gasteiger partial charge in [0.25, 0.3) is 0 Å². The lowest BCUT2D eigenvalue weighted by atomic mass is 10.0. The number of nitrogens with one attached hydrogen (secondary N) is 1. The van der Waals surface area contributed by atoms with Crippen LogP contribution in [0.4, 0.5) is 11.6 Å². The molecular weight excluding hydrogens is 238 g/mol. The molecule has 0 aromatic carbocycles. The van der Waals surface area contributed by atoms with Crippen molar-refractivity contribution in [3.05, 3.63) is 42.0 Å². The first-order chi connectivity index (χ1) is 9.18. The van der Waals surface area contributed by atoms with Gasteiger partial charge in [-0.25, -0.2) is 9.97 Å². The predicted octanol–water partition coefficient (Wildman–Crippen LogP) is 2.23. The maximum atomic E-state index is 5.90. The van der Waals surface area contributed by atoms with E-state index in [2.05, 4.69) is 40.2 Å². The fraction of sp³-hybridized carbons (Fsp3) is 0.357. The summed E-state index contributed by atoms with van der Waals surface area (Å²) in [6.07, 6.45) is 6.04. The maximum Gasteiger partial charge on any atom is 0.134 e. The zero-order valence-electron chi connectivity index (χ0n) is 11.3. The lowest BCUT2D eigenvalue weighted by Crippen LogP contribution is -2.12. The minimum absolute atomic E-state index is 0.294. The van der Waals surface area contributed by atoms with Crippen LogP contribution in [-0.2, 0) is 6.42 Å². The second-order valence-corrected chi connectivity index (χ2v) is 4.71. The summed E-state index contributed by atoms with van der Waals surface area (Å²) >= 11 is 0. The van der Waals surface area contributed by atoms with Crippen LogP contribution in [0.2, 0.25) is 0 Å². The first-order valence-electron chi connectivity index (χ1n) is 6.41. The van der Waals surface area contributed by atoms with E-state index in [1.54, 1.807) is 6.20 Å². The molecule has 2 rings (SSSR count). The van der Waals surface area contributed by atoms with Crippen molar-refractivity contribution in [1.82, 2.24) is 15.0 Å². The van der Waals surface area contributed by atoms with Crippen molar-refractivity contribution < 1.29 is 0 Å². The zero-order chi connectivity index (χ0) is 13.7. The highest BCUT2D eigenvalue weighted by molar-refractivity contribution is 5.56. The van der Waals surface area contributed by atoms with E-state index < -0.39 is 0 Å². The van der Waals surface area contributed by atoms with Crippen LogP contribution in [0.3, 0.4) is 0 Å². The summed E-state index contributed by atoms with van der Waals surface area (Å²) in [4.78, 5) is 12.4. The van der Waals surface area contributed by atoms with Crippen LogP contribution in [0.25, 0.3) is 0 Å². The number of nitrogens with zero attached hydrogens (tertiary/aromatic N) is 3. The first kappa shape index (κ1) is 13.3. The van der Waals surface area contributed by atoms with Gasteiger partial charge in [-0.15, -0.1) is 0 Å². The molecule has 5 nitrogen and oxygen atoms in total. The third-order valence-electron chi connectivity index (χ3n) is 2.92. The molecule has 3 N–H and O–H groups in total. The van der Waals surface area contributed by atoms with Crippen molar-refractivity contribution in [1.29, 1.82) is 0 Å². The SMILES string of the molecule is CC(C)c1c(N)ncnc1NCCc1cccnc1. The van der Waals surface area contributed by atoms with E-state index in [0.717, 1.165) is 24.3 Å². The fourth-order valence-electron chi connectivity index (χ4n) is 1.99. The normalized spacial score (nSPS) is 10.7. The molecule has 2 heterocycles. The van der Waals surface area contributed by atoms with Gasteiger partial charge in [0.05, 0.1) is 0 Å². The van der Waals surface area contributed by atoms with Gasteiger partial charge in [-0.2, -0.15) is 0 Å². The average molecular weight is 257 g/mol. The van der Waals surface area contributed by atoms with E-state index in [0.29, 0.717) is 11.7 Å². The van der Waals surface area contributed by atoms with E-state index in [4.69, 9.17) is 5.73 Å². The van der Waals surface area contributed by atoms with E-state index >= 15 is 0 Å². The Kier molecular flexibility index (Phi) is 4.28. The molecule has 0 amide bonds. The van der Waals surface area contributed by atoms with Gasteiger partial charge in [0.2, 0.25) is 0 Å². The maximum absolute atomic E-state index is 5.90. The van der Waals surface area contributed by atoms with Gasteiger partial charge < -0.3 is 11.1 Å². The van der Waals surface area contributed by atoms with Gasteiger partial charge in [-0.3, -0.25) is 4.98 Å². The van der Waals surface area contributed by atoms with Crippen LogP contribution in [-0.4, -0.2) is 21.5 Å². The molecule has 0 unspecified atom stereocenters. The van der Waals surface area contributed by atoms with Crippen LogP contribution in [0.15, 0.2) is 30.9 Å². The Morgan fingerprint density at radius 1 is 1.32 bits per heavy atom. The highest BCUT2D eigenvalue weighted by atomic mass is 15.0. The summed E-state index contributed by atoms with van der Waals surface area (Å²) in [7, 11) is 0. The van der Waals surface area contributed by atoms with E-state index in [9.17, 15) is 0 Å². The van der Waals surface area contributed by atoms with Crippen LogP contribution in [0, 0.1) is 0 Å². The van der Waals surface area contributed by atoms with Crippen LogP contribution in [0.5, 0.6) is 0 Å². The number of aromatic nitrogens is 3. The van der Waals surface area contributed by atoms with E-state index in [-0.39, 0.29) is 0 Å². The molecule has 0 atom stereocenters. The molecule has 5 heteroatoms. The molecule has 2 aromatic rings. The molecule has 0 aliphatic carbocycles. The number of nitrogen functional groups attached to an aromatic ring is 1. The van der Waals surface area contributed by atoms with Crippen LogP contribution >= 0.6 is 0 Å². The Balaban J connectivity index is 2.02. The number of hydrogen-bond donors (Lipinski definition) is 2. The fourth-order valence-corrected chi connectivity index (χ4v) is 1.99. The minimum atomic E-state index is 0.294. The highest BCUT2D eigenvalue weighted by Crippen LogP contribution is 2.25. The largest absolute Gasteiger partial charge is 0.383 e. The molecule has 0 radical (unpaired) electrons. The number of rotatable bonds is 5. The van der Waals surface area contributed by atoms with E-state index in [1.165, 1.54) is 11.9 Å². The average Bonchev–Trinajstić information content (AvgIpc) is 2.39. The monoisotopic (exact) mass is 257 g/mol. The van der Waals surface area contributed by atoms with Gasteiger partial charge in [0, 0.05) is 24.5 Å². The molecule has 100 valence electrons. The van der Waals surface area contributed by atoms with Crippen molar-refractivity contribution in [2.75, 3.05) is 17.6 Å². The lowest BCUT2D eigenvalue weighted by Gasteiger charge is -2.14. The quantitative estimate of drug-likeness (QED) is 0.859. The van der Waals surface area contributed by atoms with Crippen molar-refractivity contribution in [3.63, 3.8) is 0 Å². The molecule has 0 saturated heterocycles. The Morgan fingerprint density at radius 3 is 2.84 bits per heavy atom. The molecular formula is C14H19N5. The summed E-state index contributed by atoms with van der Waals surface area (Å²) in [5.41, 5.74) is 8.08. The Hall–Kier alpha value is -2.17. The standard InChI is InChI=1S/C14H19N5/c1-10(2)12-13(15)18-9-19-14(12)17-7-5-11-4-3-6-16-8-11/h3-4,6,8-10H,5,7H2,1-2H3,(H3,15,17,18,19). The molecule has 2 aromatic heterocycles. The summed E-state index contributed by atoms with van der Waals surface area (Å²) < 4.78 is 0. The summed E-state index contributed by atoms with van der Waals surface area (Å²) in [6.45, 7) is 4.96. The molecule has 0 fully saturated rings. The topological polar surface area (TPSA) is 76.7 Å². The Bertz CT molecular complexity index is 525. The van der Waals surface area contributed by atoms with Crippen molar-refractivity contribution in [2.45, 2.75) is 26.2 Å². The van der Waals surface area contributed by atoms with Crippen molar-refractivity contribution in [3.8, 4) is 0 Å². The summed E-state index contributed by atoms with van der Waals surface area (Å²) in [6, 6.07) is 4.00. The predicted molar refractivity (Wildman–Crippen MR) is 77.0 cm³/mol. The smallest absolute Gasteiger partial charge is 0.134 e. The molecule has 0 aliphatic rings. The van der Waals surface area contributed by atoms with Gasteiger partial charge in [0.15, 0.2) is 0 Å². The van der Waals surface area contributed by atoms with Crippen molar-refractivity contribution >= 4 is 11.6 Å². The van der Waals surface area contributed by atoms with Crippen molar-refractivity contribution in [2.24, 2.45) is 0 Å².